The maximum atomic E-state index is 7.50. The highest BCUT2D eigenvalue weighted by molar-refractivity contribution is 5.94. The van der Waals surface area contributed by atoms with Crippen LogP contribution in [0.1, 0.15) is 0 Å². The SMILES string of the molecule is C#CC=Nc1nc2n3c(nc(=N)nc3n1)NC(N)=N2. The summed E-state index contributed by atoms with van der Waals surface area (Å²) in [5.41, 5.74) is 5.38. The van der Waals surface area contributed by atoms with Gasteiger partial charge in [-0.05, 0) is 0 Å². The number of terminal acetylenes is 1. The highest BCUT2D eigenvalue weighted by atomic mass is 15.4. The number of aromatic nitrogens is 5. The Morgan fingerprint density at radius 3 is 3.00 bits per heavy atom. The third kappa shape index (κ3) is 1.75. The van der Waals surface area contributed by atoms with E-state index in [9.17, 15) is 0 Å². The van der Waals surface area contributed by atoms with E-state index in [1.54, 1.807) is 0 Å². The maximum absolute atomic E-state index is 7.50. The van der Waals surface area contributed by atoms with Crippen molar-refractivity contribution < 1.29 is 0 Å². The van der Waals surface area contributed by atoms with Crippen LogP contribution in [0, 0.1) is 17.8 Å². The van der Waals surface area contributed by atoms with Gasteiger partial charge < -0.3 is 5.73 Å². The van der Waals surface area contributed by atoms with Crippen LogP contribution in [0.3, 0.4) is 0 Å². The van der Waals surface area contributed by atoms with Crippen molar-refractivity contribution in [1.82, 2.24) is 24.3 Å². The number of hydrogen-bond donors (Lipinski definition) is 3. The third-order valence-corrected chi connectivity index (χ3v) is 2.14. The molecule has 0 amide bonds. The molecule has 0 fully saturated rings. The summed E-state index contributed by atoms with van der Waals surface area (Å²) >= 11 is 0. The summed E-state index contributed by atoms with van der Waals surface area (Å²) in [6, 6.07) is 0. The summed E-state index contributed by atoms with van der Waals surface area (Å²) in [5.74, 6) is 3.06. The van der Waals surface area contributed by atoms with E-state index >= 15 is 0 Å². The number of rotatable bonds is 1. The molecule has 19 heavy (non-hydrogen) atoms. The zero-order chi connectivity index (χ0) is 13.4. The minimum absolute atomic E-state index is 0.0791. The smallest absolute Gasteiger partial charge is 0.256 e. The van der Waals surface area contributed by atoms with Gasteiger partial charge in [0.1, 0.15) is 0 Å². The van der Waals surface area contributed by atoms with Crippen molar-refractivity contribution >= 4 is 35.8 Å². The predicted molar refractivity (Wildman–Crippen MR) is 66.3 cm³/mol. The van der Waals surface area contributed by atoms with Crippen LogP contribution >= 0.6 is 0 Å². The first-order valence-electron chi connectivity index (χ1n) is 5.00. The van der Waals surface area contributed by atoms with Crippen LogP contribution in [0.2, 0.25) is 0 Å². The standard InChI is InChI=1S/C9H6N10/c1-2-3-12-6-17-8-15-4(10)13-7-14-5(11)16-9(18-6)19(7)8/h1,3H,(H4,10,11,13,14,15,16,17,18). The van der Waals surface area contributed by atoms with Crippen LogP contribution < -0.4 is 16.7 Å². The molecule has 0 aromatic carbocycles. The summed E-state index contributed by atoms with van der Waals surface area (Å²) in [4.78, 5) is 23.7. The normalized spacial score (nSPS) is 13.1. The van der Waals surface area contributed by atoms with E-state index in [2.05, 4.69) is 41.2 Å². The van der Waals surface area contributed by atoms with Gasteiger partial charge in [0.25, 0.3) is 5.95 Å². The van der Waals surface area contributed by atoms with Crippen LogP contribution in [0.4, 0.5) is 17.8 Å². The molecule has 0 saturated carbocycles. The average Bonchev–Trinajstić information content (AvgIpc) is 2.34. The molecule has 4 N–H and O–H groups in total. The first kappa shape index (κ1) is 10.8. The molecule has 0 unspecified atom stereocenters. The van der Waals surface area contributed by atoms with Gasteiger partial charge >= 0.3 is 0 Å². The molecule has 1 aliphatic rings. The van der Waals surface area contributed by atoms with Crippen molar-refractivity contribution in [2.75, 3.05) is 5.32 Å². The van der Waals surface area contributed by atoms with Crippen molar-refractivity contribution in [3.05, 3.63) is 5.62 Å². The molecular weight excluding hydrogens is 248 g/mol. The molecule has 10 heteroatoms. The highest BCUT2D eigenvalue weighted by Crippen LogP contribution is 2.20. The second kappa shape index (κ2) is 3.84. The highest BCUT2D eigenvalue weighted by Gasteiger charge is 2.17. The predicted octanol–water partition coefficient (Wildman–Crippen LogP) is -1.29. The van der Waals surface area contributed by atoms with Crippen molar-refractivity contribution in [3.8, 4) is 12.3 Å². The van der Waals surface area contributed by atoms with E-state index in [1.807, 2.05) is 0 Å². The van der Waals surface area contributed by atoms with Gasteiger partial charge in [0.05, 0.1) is 6.21 Å². The fraction of sp³-hybridized carbons (Fsp3) is 0. The minimum Gasteiger partial charge on any atom is -0.369 e. The molecule has 0 bridgehead atoms. The molecule has 3 heterocycles. The van der Waals surface area contributed by atoms with Crippen LogP contribution in [-0.4, -0.2) is 36.5 Å². The van der Waals surface area contributed by atoms with Crippen molar-refractivity contribution in [2.24, 2.45) is 15.7 Å². The number of aliphatic imine (C=N–C) groups is 2. The number of nitrogens with one attached hydrogen (secondary N) is 2. The van der Waals surface area contributed by atoms with E-state index in [1.165, 1.54) is 10.6 Å². The van der Waals surface area contributed by atoms with Crippen molar-refractivity contribution in [3.63, 3.8) is 0 Å². The van der Waals surface area contributed by atoms with Gasteiger partial charge in [-0.25, -0.2) is 9.39 Å². The number of anilines is 1. The first-order valence-corrected chi connectivity index (χ1v) is 5.00. The zero-order valence-corrected chi connectivity index (χ0v) is 9.36. The first-order chi connectivity index (χ1) is 9.17. The molecule has 3 rings (SSSR count). The summed E-state index contributed by atoms with van der Waals surface area (Å²) in [7, 11) is 0. The Labute approximate surface area is 105 Å². The topological polar surface area (TPSA) is 143 Å². The Balaban J connectivity index is 2.37. The molecular formula is C9H6N10. The molecule has 0 atom stereocenters. The van der Waals surface area contributed by atoms with E-state index < -0.39 is 0 Å². The summed E-state index contributed by atoms with van der Waals surface area (Å²) in [6.45, 7) is 0. The maximum Gasteiger partial charge on any atom is 0.256 e. The van der Waals surface area contributed by atoms with E-state index in [4.69, 9.17) is 17.6 Å². The Bertz CT molecular complexity index is 836. The Morgan fingerprint density at radius 2 is 2.21 bits per heavy atom. The molecule has 0 saturated heterocycles. The summed E-state index contributed by atoms with van der Waals surface area (Å²) in [6.07, 6.45) is 6.27. The fourth-order valence-electron chi connectivity index (χ4n) is 1.49. The Hall–Kier alpha value is -3.35. The lowest BCUT2D eigenvalue weighted by atomic mass is 10.6. The molecule has 0 radical (unpaired) electrons. The van der Waals surface area contributed by atoms with Gasteiger partial charge in [0.2, 0.25) is 29.3 Å². The summed E-state index contributed by atoms with van der Waals surface area (Å²) in [5, 5.41) is 10.2. The van der Waals surface area contributed by atoms with E-state index in [0.717, 1.165) is 0 Å². The molecule has 0 spiro atoms. The van der Waals surface area contributed by atoms with Crippen LogP contribution in [0.25, 0.3) is 5.78 Å². The van der Waals surface area contributed by atoms with Crippen LogP contribution in [0.15, 0.2) is 9.98 Å². The van der Waals surface area contributed by atoms with Crippen LogP contribution in [-0.2, 0) is 0 Å². The molecule has 92 valence electrons. The van der Waals surface area contributed by atoms with Gasteiger partial charge in [-0.1, -0.05) is 5.92 Å². The second-order valence-corrected chi connectivity index (χ2v) is 3.38. The van der Waals surface area contributed by atoms with Crippen molar-refractivity contribution in [1.29, 1.82) is 5.41 Å². The van der Waals surface area contributed by atoms with Gasteiger partial charge in [0, 0.05) is 0 Å². The monoisotopic (exact) mass is 254 g/mol. The third-order valence-electron chi connectivity index (χ3n) is 2.14. The molecule has 2 aromatic rings. The van der Waals surface area contributed by atoms with Gasteiger partial charge in [-0.3, -0.25) is 10.7 Å². The van der Waals surface area contributed by atoms with Crippen molar-refractivity contribution in [2.45, 2.75) is 0 Å². The largest absolute Gasteiger partial charge is 0.369 e. The number of nitrogens with zero attached hydrogens (tertiary/aromatic N) is 7. The number of nitrogens with two attached hydrogens (primary N) is 1. The van der Waals surface area contributed by atoms with Gasteiger partial charge in [-0.15, -0.1) is 6.42 Å². The lowest BCUT2D eigenvalue weighted by Crippen LogP contribution is -2.30. The summed E-state index contributed by atoms with van der Waals surface area (Å²) < 4.78 is 1.42. The van der Waals surface area contributed by atoms with E-state index in [-0.39, 0.29) is 35.2 Å². The molecule has 0 aliphatic carbocycles. The Kier molecular flexibility index (Phi) is 2.18. The second-order valence-electron chi connectivity index (χ2n) is 3.38. The molecule has 10 nitrogen and oxygen atoms in total. The average molecular weight is 254 g/mol. The minimum atomic E-state index is -0.214. The number of guanidine groups is 1. The van der Waals surface area contributed by atoms with Gasteiger partial charge in [0.15, 0.2) is 0 Å². The lowest BCUT2D eigenvalue weighted by molar-refractivity contribution is 0.862. The molecule has 2 aromatic heterocycles. The van der Waals surface area contributed by atoms with E-state index in [0.29, 0.717) is 0 Å². The molecule has 1 aliphatic heterocycles. The van der Waals surface area contributed by atoms with Gasteiger partial charge in [-0.2, -0.15) is 24.9 Å². The Morgan fingerprint density at radius 1 is 1.37 bits per heavy atom. The quantitative estimate of drug-likeness (QED) is 0.426. The van der Waals surface area contributed by atoms with Crippen LogP contribution in [0.5, 0.6) is 0 Å². The number of hydrogen-bond acceptors (Lipinski definition) is 9. The fourth-order valence-corrected chi connectivity index (χ4v) is 1.49. The lowest BCUT2D eigenvalue weighted by Gasteiger charge is -2.14. The zero-order valence-electron chi connectivity index (χ0n) is 9.36.